The molecule has 0 fully saturated rings. The van der Waals surface area contributed by atoms with Crippen LogP contribution in [0.15, 0.2) is 24.8 Å². The molecule has 0 unspecified atom stereocenters. The van der Waals surface area contributed by atoms with Crippen LogP contribution in [0, 0.1) is 0 Å². The van der Waals surface area contributed by atoms with Crippen LogP contribution in [0.3, 0.4) is 0 Å². The molecule has 8 nitrogen and oxygen atoms in total. The third-order valence-corrected chi connectivity index (χ3v) is 3.10. The van der Waals surface area contributed by atoms with E-state index in [-0.39, 0.29) is 11.3 Å². The average molecular weight is 287 g/mol. The normalized spacial score (nSPS) is 11.0. The Morgan fingerprint density at radius 2 is 2.14 bits per heavy atom. The molecule has 0 saturated heterocycles. The van der Waals surface area contributed by atoms with Gasteiger partial charge in [0.05, 0.1) is 24.0 Å². The summed E-state index contributed by atoms with van der Waals surface area (Å²) in [6, 6.07) is 0. The Bertz CT molecular complexity index is 820. The first-order chi connectivity index (χ1) is 10.1. The molecule has 3 aromatic heterocycles. The maximum atomic E-state index is 11.4. The van der Waals surface area contributed by atoms with E-state index in [2.05, 4.69) is 15.2 Å². The van der Waals surface area contributed by atoms with Crippen molar-refractivity contribution in [2.45, 2.75) is 13.5 Å². The fourth-order valence-corrected chi connectivity index (χ4v) is 2.02. The predicted molar refractivity (Wildman–Crippen MR) is 73.4 cm³/mol. The zero-order chi connectivity index (χ0) is 15.0. The lowest BCUT2D eigenvalue weighted by Gasteiger charge is -2.07. The van der Waals surface area contributed by atoms with Crippen molar-refractivity contribution in [1.29, 1.82) is 0 Å². The minimum absolute atomic E-state index is 0.0141. The van der Waals surface area contributed by atoms with Gasteiger partial charge in [0.15, 0.2) is 17.1 Å². The van der Waals surface area contributed by atoms with Gasteiger partial charge in [-0.1, -0.05) is 0 Å². The van der Waals surface area contributed by atoms with Crippen LogP contribution in [0.1, 0.15) is 17.3 Å². The molecule has 21 heavy (non-hydrogen) atoms. The molecule has 0 aliphatic carbocycles. The number of aryl methyl sites for hydroxylation is 2. The van der Waals surface area contributed by atoms with E-state index in [1.54, 1.807) is 22.6 Å². The third kappa shape index (κ3) is 2.20. The summed E-state index contributed by atoms with van der Waals surface area (Å²) in [6.45, 7) is 2.65. The number of carboxylic acid groups (broad SMARTS) is 1. The number of carbonyl (C=O) groups is 1. The quantitative estimate of drug-likeness (QED) is 0.784. The number of nitrogens with zero attached hydrogens (tertiary/aromatic N) is 5. The number of carboxylic acids is 1. The van der Waals surface area contributed by atoms with E-state index in [4.69, 9.17) is 4.74 Å². The van der Waals surface area contributed by atoms with Crippen molar-refractivity contribution in [3.05, 3.63) is 30.4 Å². The molecular weight excluding hydrogens is 274 g/mol. The highest BCUT2D eigenvalue weighted by molar-refractivity contribution is 5.98. The van der Waals surface area contributed by atoms with Gasteiger partial charge in [-0.05, 0) is 6.92 Å². The summed E-state index contributed by atoms with van der Waals surface area (Å²) >= 11 is 0. The Morgan fingerprint density at radius 3 is 2.81 bits per heavy atom. The van der Waals surface area contributed by atoms with Gasteiger partial charge in [-0.25, -0.2) is 9.78 Å². The Kier molecular flexibility index (Phi) is 3.05. The van der Waals surface area contributed by atoms with E-state index in [1.807, 2.05) is 6.92 Å². The van der Waals surface area contributed by atoms with Crippen LogP contribution in [0.5, 0.6) is 11.5 Å². The van der Waals surface area contributed by atoms with Crippen molar-refractivity contribution in [3.63, 3.8) is 0 Å². The summed E-state index contributed by atoms with van der Waals surface area (Å²) < 4.78 is 8.97. The first-order valence-electron chi connectivity index (χ1n) is 6.34. The summed E-state index contributed by atoms with van der Waals surface area (Å²) in [6.07, 6.45) is 6.05. The standard InChI is InChI=1S/C13H13N5O3/c1-3-18-7-8(4-16-18)21-11-9-6-15-17(2)12(9)14-5-10(11)13(19)20/h4-7H,3H2,1-2H3,(H,19,20). The van der Waals surface area contributed by atoms with Crippen LogP contribution in [-0.2, 0) is 13.6 Å². The van der Waals surface area contributed by atoms with Crippen LogP contribution in [0.2, 0.25) is 0 Å². The van der Waals surface area contributed by atoms with E-state index in [9.17, 15) is 9.90 Å². The second-order valence-electron chi connectivity index (χ2n) is 4.45. The lowest BCUT2D eigenvalue weighted by molar-refractivity contribution is 0.0694. The van der Waals surface area contributed by atoms with E-state index in [0.29, 0.717) is 23.3 Å². The number of hydrogen-bond donors (Lipinski definition) is 1. The summed E-state index contributed by atoms with van der Waals surface area (Å²) in [4.78, 5) is 15.5. The number of aromatic carboxylic acids is 1. The summed E-state index contributed by atoms with van der Waals surface area (Å²) in [5, 5.41) is 18.0. The first-order valence-corrected chi connectivity index (χ1v) is 6.34. The Balaban J connectivity index is 2.13. The predicted octanol–water partition coefficient (Wildman–Crippen LogP) is 1.68. The van der Waals surface area contributed by atoms with Crippen molar-refractivity contribution < 1.29 is 14.6 Å². The van der Waals surface area contributed by atoms with E-state index >= 15 is 0 Å². The van der Waals surface area contributed by atoms with Gasteiger partial charge in [-0.3, -0.25) is 9.36 Å². The minimum Gasteiger partial charge on any atom is -0.477 e. The van der Waals surface area contributed by atoms with Crippen molar-refractivity contribution >= 4 is 17.0 Å². The van der Waals surface area contributed by atoms with Gasteiger partial charge in [0.1, 0.15) is 5.56 Å². The van der Waals surface area contributed by atoms with E-state index in [0.717, 1.165) is 0 Å². The molecular formula is C13H13N5O3. The Labute approximate surface area is 119 Å². The molecule has 0 radical (unpaired) electrons. The number of aromatic nitrogens is 5. The topological polar surface area (TPSA) is 95.1 Å². The van der Waals surface area contributed by atoms with Crippen molar-refractivity contribution in [3.8, 4) is 11.5 Å². The SMILES string of the molecule is CCn1cc(Oc2c(C(=O)O)cnc3c2cnn3C)cn1. The summed E-state index contributed by atoms with van der Waals surface area (Å²) in [5.41, 5.74) is 0.539. The van der Waals surface area contributed by atoms with Gasteiger partial charge in [0.2, 0.25) is 0 Å². The molecule has 0 bridgehead atoms. The number of fused-ring (bicyclic) bond motifs is 1. The number of hydrogen-bond acceptors (Lipinski definition) is 5. The number of ether oxygens (including phenoxy) is 1. The lowest BCUT2D eigenvalue weighted by Crippen LogP contribution is -2.02. The minimum atomic E-state index is -1.11. The molecule has 0 aromatic carbocycles. The van der Waals surface area contributed by atoms with Crippen molar-refractivity contribution in [2.75, 3.05) is 0 Å². The molecule has 3 aromatic rings. The molecule has 0 aliphatic rings. The second-order valence-corrected chi connectivity index (χ2v) is 4.45. The van der Waals surface area contributed by atoms with Gasteiger partial charge in [-0.2, -0.15) is 10.2 Å². The van der Waals surface area contributed by atoms with Gasteiger partial charge < -0.3 is 9.84 Å². The zero-order valence-corrected chi connectivity index (χ0v) is 11.5. The molecule has 8 heteroatoms. The highest BCUT2D eigenvalue weighted by atomic mass is 16.5. The monoisotopic (exact) mass is 287 g/mol. The van der Waals surface area contributed by atoms with Crippen LogP contribution >= 0.6 is 0 Å². The third-order valence-electron chi connectivity index (χ3n) is 3.10. The summed E-state index contributed by atoms with van der Waals surface area (Å²) in [7, 11) is 1.73. The molecule has 0 atom stereocenters. The highest BCUT2D eigenvalue weighted by Gasteiger charge is 2.19. The van der Waals surface area contributed by atoms with Gasteiger partial charge in [0, 0.05) is 19.8 Å². The molecule has 3 rings (SSSR count). The molecule has 3 heterocycles. The first kappa shape index (κ1) is 13.1. The summed E-state index contributed by atoms with van der Waals surface area (Å²) in [5.74, 6) is -0.418. The fraction of sp³-hybridized carbons (Fsp3) is 0.231. The number of rotatable bonds is 4. The number of pyridine rings is 1. The maximum absolute atomic E-state index is 11.4. The van der Waals surface area contributed by atoms with Crippen molar-refractivity contribution in [1.82, 2.24) is 24.5 Å². The smallest absolute Gasteiger partial charge is 0.341 e. The van der Waals surface area contributed by atoms with Crippen LogP contribution in [0.25, 0.3) is 11.0 Å². The molecule has 0 saturated carbocycles. The molecule has 0 aliphatic heterocycles. The van der Waals surface area contributed by atoms with Gasteiger partial charge >= 0.3 is 5.97 Å². The fourth-order valence-electron chi connectivity index (χ4n) is 2.02. The van der Waals surface area contributed by atoms with Crippen LogP contribution in [0.4, 0.5) is 0 Å². The molecule has 108 valence electrons. The van der Waals surface area contributed by atoms with Crippen LogP contribution in [-0.4, -0.2) is 35.6 Å². The highest BCUT2D eigenvalue weighted by Crippen LogP contribution is 2.32. The second kappa shape index (κ2) is 4.89. The largest absolute Gasteiger partial charge is 0.477 e. The zero-order valence-electron chi connectivity index (χ0n) is 11.5. The maximum Gasteiger partial charge on any atom is 0.341 e. The van der Waals surface area contributed by atoms with E-state index < -0.39 is 5.97 Å². The molecule has 0 spiro atoms. The van der Waals surface area contributed by atoms with Gasteiger partial charge in [-0.15, -0.1) is 0 Å². The van der Waals surface area contributed by atoms with Gasteiger partial charge in [0.25, 0.3) is 0 Å². The Hall–Kier alpha value is -2.90. The Morgan fingerprint density at radius 1 is 1.33 bits per heavy atom. The van der Waals surface area contributed by atoms with E-state index in [1.165, 1.54) is 18.6 Å². The van der Waals surface area contributed by atoms with Crippen molar-refractivity contribution in [2.24, 2.45) is 7.05 Å². The van der Waals surface area contributed by atoms with Crippen LogP contribution < -0.4 is 4.74 Å². The molecule has 1 N–H and O–H groups in total. The lowest BCUT2D eigenvalue weighted by atomic mass is 10.2. The molecule has 0 amide bonds. The average Bonchev–Trinajstić information content (AvgIpc) is 3.06.